The molecule has 12 heteroatoms. The molecule has 156 valence electrons. The molecule has 0 spiro atoms. The quantitative estimate of drug-likeness (QED) is 0.357. The van der Waals surface area contributed by atoms with Crippen LogP contribution in [0.5, 0.6) is 0 Å². The molecule has 3 N–H and O–H groups in total. The van der Waals surface area contributed by atoms with E-state index in [1.165, 1.54) is 0 Å². The molecule has 0 unspecified atom stereocenters. The first kappa shape index (κ1) is 25.0. The van der Waals surface area contributed by atoms with E-state index in [1.807, 2.05) is 12.1 Å². The van der Waals surface area contributed by atoms with E-state index in [-0.39, 0.29) is 29.3 Å². The monoisotopic (exact) mass is 519 g/mol. The van der Waals surface area contributed by atoms with Gasteiger partial charge in [-0.3, -0.25) is 0 Å². The Labute approximate surface area is 184 Å². The summed E-state index contributed by atoms with van der Waals surface area (Å²) in [5.74, 6) is 0.659. The number of H-pyrrole nitrogens is 1. The van der Waals surface area contributed by atoms with Gasteiger partial charge in [0, 0.05) is 28.6 Å². The lowest BCUT2D eigenvalue weighted by atomic mass is 10.2. The van der Waals surface area contributed by atoms with Crippen molar-refractivity contribution in [2.24, 2.45) is 0 Å². The average molecular weight is 521 g/mol. The van der Waals surface area contributed by atoms with Gasteiger partial charge in [-0.2, -0.15) is 18.2 Å². The van der Waals surface area contributed by atoms with Crippen LogP contribution in [0.4, 0.5) is 19.1 Å². The average Bonchev–Trinajstić information content (AvgIpc) is 3.12. The third-order valence-electron chi connectivity index (χ3n) is 3.80. The Morgan fingerprint density at radius 3 is 2.64 bits per heavy atom. The molecule has 0 bridgehead atoms. The van der Waals surface area contributed by atoms with E-state index >= 15 is 0 Å². The number of thiophene rings is 1. The largest absolute Gasteiger partial charge is 0.426 e. The second kappa shape index (κ2) is 10.6. The van der Waals surface area contributed by atoms with E-state index in [0.717, 1.165) is 23.3 Å². The fourth-order valence-electron chi connectivity index (χ4n) is 2.44. The summed E-state index contributed by atoms with van der Waals surface area (Å²) in [6, 6.07) is 3.74. The van der Waals surface area contributed by atoms with Gasteiger partial charge in [0.05, 0.1) is 5.52 Å². The molecule has 0 saturated carbocycles. The molecule has 3 rings (SSSR count). The van der Waals surface area contributed by atoms with Crippen LogP contribution in [0.15, 0.2) is 22.8 Å². The third kappa shape index (κ3) is 5.96. The van der Waals surface area contributed by atoms with Gasteiger partial charge in [0.1, 0.15) is 4.88 Å². The maximum atomic E-state index is 12.9. The van der Waals surface area contributed by atoms with E-state index in [2.05, 4.69) is 41.5 Å². The smallest absolute Gasteiger partial charge is 0.356 e. The zero-order chi connectivity index (χ0) is 18.7. The van der Waals surface area contributed by atoms with Crippen molar-refractivity contribution in [3.05, 3.63) is 38.1 Å². The van der Waals surface area contributed by atoms with Crippen molar-refractivity contribution in [2.75, 3.05) is 18.4 Å². The summed E-state index contributed by atoms with van der Waals surface area (Å²) < 4.78 is 38.9. The van der Waals surface area contributed by atoms with Crippen molar-refractivity contribution < 1.29 is 13.2 Å². The molecule has 0 fully saturated rings. The van der Waals surface area contributed by atoms with Crippen LogP contribution in [0.25, 0.3) is 11.2 Å². The first-order chi connectivity index (χ1) is 12.4. The number of aromatic amines is 1. The van der Waals surface area contributed by atoms with Gasteiger partial charge in [0.2, 0.25) is 5.95 Å². The predicted molar refractivity (Wildman–Crippen MR) is 115 cm³/mol. The van der Waals surface area contributed by atoms with Crippen molar-refractivity contribution in [1.82, 2.24) is 20.3 Å². The minimum absolute atomic E-state index is 0. The zero-order valence-corrected chi connectivity index (χ0v) is 18.7. The maximum Gasteiger partial charge on any atom is 0.426 e. The van der Waals surface area contributed by atoms with Gasteiger partial charge >= 0.3 is 6.18 Å². The second-order valence-electron chi connectivity index (χ2n) is 5.71. The molecule has 0 aromatic carbocycles. The van der Waals surface area contributed by atoms with Gasteiger partial charge in [-0.1, -0.05) is 0 Å². The number of aromatic nitrogens is 3. The number of hydrogen-bond acceptors (Lipinski definition) is 5. The topological polar surface area (TPSA) is 65.6 Å². The Kier molecular flexibility index (Phi) is 9.48. The van der Waals surface area contributed by atoms with E-state index in [0.29, 0.717) is 41.7 Å². The molecule has 0 amide bonds. The van der Waals surface area contributed by atoms with Crippen LogP contribution in [0.2, 0.25) is 0 Å². The van der Waals surface area contributed by atoms with Gasteiger partial charge in [-0.15, -0.1) is 36.2 Å². The number of fused-ring (bicyclic) bond motifs is 1. The maximum absolute atomic E-state index is 12.9. The van der Waals surface area contributed by atoms with Crippen molar-refractivity contribution in [1.29, 1.82) is 0 Å². The van der Waals surface area contributed by atoms with E-state index in [1.54, 1.807) is 13.1 Å². The van der Waals surface area contributed by atoms with Crippen molar-refractivity contribution in [2.45, 2.75) is 26.1 Å². The van der Waals surface area contributed by atoms with Crippen LogP contribution in [-0.4, -0.2) is 28.0 Å². The number of nitrogens with zero attached hydrogens (tertiary/aromatic N) is 2. The highest BCUT2D eigenvalue weighted by molar-refractivity contribution is 9.10. The van der Waals surface area contributed by atoms with Gasteiger partial charge in [-0.25, -0.2) is 4.98 Å². The lowest BCUT2D eigenvalue weighted by molar-refractivity contribution is -0.134. The molecule has 5 nitrogen and oxygen atoms in total. The first-order valence-electron chi connectivity index (χ1n) is 7.96. The molecule has 0 aliphatic carbocycles. The number of pyridine rings is 1. The molecular formula is C16H19BrCl2F3N5S. The SMILES string of the molecule is Cc1c(CNCCCNc2nc3ncccc3[nH]2)sc(C(F)(F)F)c1Br.Cl.Cl. The Bertz CT molecular complexity index is 867. The van der Waals surface area contributed by atoms with Gasteiger partial charge in [0.15, 0.2) is 5.65 Å². The Morgan fingerprint density at radius 1 is 1.25 bits per heavy atom. The molecule has 0 radical (unpaired) electrons. The summed E-state index contributed by atoms with van der Waals surface area (Å²) in [6.07, 6.45) is -1.83. The van der Waals surface area contributed by atoms with Crippen molar-refractivity contribution in [3.8, 4) is 0 Å². The summed E-state index contributed by atoms with van der Waals surface area (Å²) in [7, 11) is 0. The Hall–Kier alpha value is -1.07. The van der Waals surface area contributed by atoms with Crippen LogP contribution < -0.4 is 10.6 Å². The highest BCUT2D eigenvalue weighted by Crippen LogP contribution is 2.43. The fourth-order valence-corrected chi connectivity index (χ4v) is 4.31. The molecule has 0 aliphatic rings. The highest BCUT2D eigenvalue weighted by Gasteiger charge is 2.36. The summed E-state index contributed by atoms with van der Waals surface area (Å²) in [5, 5.41) is 6.36. The van der Waals surface area contributed by atoms with E-state index in [9.17, 15) is 13.2 Å². The van der Waals surface area contributed by atoms with Crippen LogP contribution in [0, 0.1) is 6.92 Å². The lowest BCUT2D eigenvalue weighted by Gasteiger charge is -2.05. The number of rotatable bonds is 7. The minimum atomic E-state index is -4.32. The first-order valence-corrected chi connectivity index (χ1v) is 9.57. The summed E-state index contributed by atoms with van der Waals surface area (Å²) in [5.41, 5.74) is 2.17. The summed E-state index contributed by atoms with van der Waals surface area (Å²) >= 11 is 3.83. The van der Waals surface area contributed by atoms with Gasteiger partial charge < -0.3 is 15.6 Å². The van der Waals surface area contributed by atoms with Crippen LogP contribution in [0.3, 0.4) is 0 Å². The number of anilines is 1. The Morgan fingerprint density at radius 2 is 2.00 bits per heavy atom. The second-order valence-corrected chi connectivity index (χ2v) is 7.61. The fraction of sp³-hybridized carbons (Fsp3) is 0.375. The summed E-state index contributed by atoms with van der Waals surface area (Å²) in [6.45, 7) is 3.49. The number of nitrogens with one attached hydrogen (secondary N) is 3. The van der Waals surface area contributed by atoms with Crippen LogP contribution in [0.1, 0.15) is 21.7 Å². The highest BCUT2D eigenvalue weighted by atomic mass is 79.9. The molecule has 3 aromatic heterocycles. The lowest BCUT2D eigenvalue weighted by Crippen LogP contribution is -2.17. The standard InChI is InChI=1S/C16H17BrF3N5S.2ClH/c1-9-11(26-13(12(9)17)16(18,19)20)8-21-5-3-7-23-15-24-10-4-2-6-22-14(10)25-15;;/h2,4,6,21H,3,5,7-8H2,1H3,(H2,22,23,24,25);2*1H. The number of imidazole rings is 1. The molecule has 3 heterocycles. The molecule has 3 aromatic rings. The van der Waals surface area contributed by atoms with E-state index in [4.69, 9.17) is 0 Å². The van der Waals surface area contributed by atoms with Gasteiger partial charge in [0.25, 0.3) is 0 Å². The summed E-state index contributed by atoms with van der Waals surface area (Å²) in [4.78, 5) is 11.7. The third-order valence-corrected chi connectivity index (χ3v) is 6.39. The molecule has 0 saturated heterocycles. The number of alkyl halides is 3. The molecule has 0 aliphatic heterocycles. The van der Waals surface area contributed by atoms with Crippen molar-refractivity contribution in [3.63, 3.8) is 0 Å². The molecule has 28 heavy (non-hydrogen) atoms. The normalized spacial score (nSPS) is 11.2. The van der Waals surface area contributed by atoms with Crippen LogP contribution in [-0.2, 0) is 12.7 Å². The van der Waals surface area contributed by atoms with Crippen LogP contribution >= 0.6 is 52.1 Å². The predicted octanol–water partition coefficient (Wildman–Crippen LogP) is 5.54. The van der Waals surface area contributed by atoms with Crippen molar-refractivity contribution >= 4 is 69.2 Å². The minimum Gasteiger partial charge on any atom is -0.356 e. The zero-order valence-electron chi connectivity index (χ0n) is 14.7. The number of hydrogen-bond donors (Lipinski definition) is 3. The number of halogens is 6. The van der Waals surface area contributed by atoms with E-state index < -0.39 is 11.1 Å². The van der Waals surface area contributed by atoms with Gasteiger partial charge in [-0.05, 0) is 53.5 Å². The molecular weight excluding hydrogens is 502 g/mol. The Balaban J connectivity index is 0.00000196. The molecule has 0 atom stereocenters.